The molecule has 2 aromatic rings. The number of hydrogen-bond donors (Lipinski definition) is 0. The maximum absolute atomic E-state index is 4.30. The molecule has 2 heteroatoms. The fraction of sp³-hybridized carbons (Fsp3) is 0. The van der Waals surface area contributed by atoms with E-state index in [-0.39, 0.29) is 0 Å². The standard InChI is InChI=1S/C13H11NS/c1-3-7-12(8-4-1)11-14-15-13-9-5-2-6-10-13/h1-11H/b14-11-. The van der Waals surface area contributed by atoms with Crippen molar-refractivity contribution in [1.29, 1.82) is 0 Å². The monoisotopic (exact) mass is 213 g/mol. The first-order chi connectivity index (χ1) is 7.45. The van der Waals surface area contributed by atoms with Crippen LogP contribution in [0.3, 0.4) is 0 Å². The van der Waals surface area contributed by atoms with Gasteiger partial charge in [-0.2, -0.15) is 0 Å². The summed E-state index contributed by atoms with van der Waals surface area (Å²) in [5.74, 6) is 0. The van der Waals surface area contributed by atoms with E-state index in [4.69, 9.17) is 0 Å². The predicted molar refractivity (Wildman–Crippen MR) is 66.3 cm³/mol. The van der Waals surface area contributed by atoms with E-state index < -0.39 is 0 Å². The van der Waals surface area contributed by atoms with Crippen molar-refractivity contribution in [3.63, 3.8) is 0 Å². The van der Waals surface area contributed by atoms with E-state index in [0.717, 1.165) is 10.5 Å². The van der Waals surface area contributed by atoms with Crippen LogP contribution < -0.4 is 0 Å². The third-order valence-electron chi connectivity index (χ3n) is 1.90. The van der Waals surface area contributed by atoms with E-state index in [1.165, 1.54) is 11.9 Å². The predicted octanol–water partition coefficient (Wildman–Crippen LogP) is 3.81. The molecular weight excluding hydrogens is 202 g/mol. The van der Waals surface area contributed by atoms with Crippen molar-refractivity contribution in [3.05, 3.63) is 66.2 Å². The molecule has 0 N–H and O–H groups in total. The highest BCUT2D eigenvalue weighted by molar-refractivity contribution is 7.98. The Morgan fingerprint density at radius 2 is 1.40 bits per heavy atom. The van der Waals surface area contributed by atoms with Gasteiger partial charge in [0.25, 0.3) is 0 Å². The van der Waals surface area contributed by atoms with Gasteiger partial charge in [0.2, 0.25) is 0 Å². The van der Waals surface area contributed by atoms with Crippen LogP contribution in [0.4, 0.5) is 0 Å². The van der Waals surface area contributed by atoms with Crippen LogP contribution in [0.5, 0.6) is 0 Å². The largest absolute Gasteiger partial charge is 0.219 e. The molecule has 1 nitrogen and oxygen atoms in total. The van der Waals surface area contributed by atoms with Crippen LogP contribution in [0.1, 0.15) is 5.56 Å². The summed E-state index contributed by atoms with van der Waals surface area (Å²) in [5.41, 5.74) is 1.13. The summed E-state index contributed by atoms with van der Waals surface area (Å²) in [4.78, 5) is 1.16. The molecule has 74 valence electrons. The first kappa shape index (κ1) is 9.99. The number of rotatable bonds is 3. The van der Waals surface area contributed by atoms with Crippen molar-refractivity contribution in [2.24, 2.45) is 4.40 Å². The minimum atomic E-state index is 1.13. The first-order valence-electron chi connectivity index (χ1n) is 4.75. The highest BCUT2D eigenvalue weighted by Gasteiger charge is 1.88. The van der Waals surface area contributed by atoms with Gasteiger partial charge in [-0.1, -0.05) is 48.5 Å². The highest BCUT2D eigenvalue weighted by Crippen LogP contribution is 2.17. The minimum absolute atomic E-state index is 1.13. The van der Waals surface area contributed by atoms with Gasteiger partial charge in [-0.25, -0.2) is 4.40 Å². The molecule has 0 aliphatic carbocycles. The van der Waals surface area contributed by atoms with E-state index >= 15 is 0 Å². The molecule has 0 aliphatic rings. The van der Waals surface area contributed by atoms with Crippen LogP contribution in [0.25, 0.3) is 0 Å². The Kier molecular flexibility index (Phi) is 3.58. The Bertz CT molecular complexity index is 423. The topological polar surface area (TPSA) is 12.4 Å². The highest BCUT2D eigenvalue weighted by atomic mass is 32.2. The summed E-state index contributed by atoms with van der Waals surface area (Å²) in [7, 11) is 0. The van der Waals surface area contributed by atoms with Crippen LogP contribution in [-0.2, 0) is 0 Å². The molecule has 0 saturated carbocycles. The lowest BCUT2D eigenvalue weighted by Crippen LogP contribution is -1.76. The third kappa shape index (κ3) is 3.26. The lowest BCUT2D eigenvalue weighted by Gasteiger charge is -1.93. The molecule has 0 amide bonds. The van der Waals surface area contributed by atoms with Gasteiger partial charge in [-0.3, -0.25) is 0 Å². The van der Waals surface area contributed by atoms with Crippen LogP contribution in [0, 0.1) is 0 Å². The quantitative estimate of drug-likeness (QED) is 0.558. The van der Waals surface area contributed by atoms with E-state index in [1.54, 1.807) is 0 Å². The number of hydrogen-bond acceptors (Lipinski definition) is 2. The third-order valence-corrected chi connectivity index (χ3v) is 2.60. The van der Waals surface area contributed by atoms with Gasteiger partial charge in [0.15, 0.2) is 0 Å². The average Bonchev–Trinajstić information content (AvgIpc) is 2.32. The Morgan fingerprint density at radius 3 is 2.07 bits per heavy atom. The molecular formula is C13H11NS. The van der Waals surface area contributed by atoms with Crippen LogP contribution in [0.2, 0.25) is 0 Å². The van der Waals surface area contributed by atoms with E-state index in [9.17, 15) is 0 Å². The minimum Gasteiger partial charge on any atom is -0.219 e. The summed E-state index contributed by atoms with van der Waals surface area (Å²) in [6.45, 7) is 0. The van der Waals surface area contributed by atoms with E-state index in [1.807, 2.05) is 66.9 Å². The van der Waals surface area contributed by atoms with Crippen molar-refractivity contribution in [3.8, 4) is 0 Å². The normalized spacial score (nSPS) is 10.7. The van der Waals surface area contributed by atoms with Crippen molar-refractivity contribution < 1.29 is 0 Å². The fourth-order valence-electron chi connectivity index (χ4n) is 1.17. The van der Waals surface area contributed by atoms with Crippen molar-refractivity contribution in [2.45, 2.75) is 4.90 Å². The van der Waals surface area contributed by atoms with Gasteiger partial charge in [0.1, 0.15) is 0 Å². The van der Waals surface area contributed by atoms with Crippen LogP contribution in [-0.4, -0.2) is 6.21 Å². The van der Waals surface area contributed by atoms with Crippen molar-refractivity contribution in [1.82, 2.24) is 0 Å². The second-order valence-corrected chi connectivity index (χ2v) is 3.91. The molecule has 0 saturated heterocycles. The van der Waals surface area contributed by atoms with Gasteiger partial charge in [-0.15, -0.1) is 0 Å². The lowest BCUT2D eigenvalue weighted by molar-refractivity contribution is 1.46. The number of benzene rings is 2. The summed E-state index contributed by atoms with van der Waals surface area (Å²) in [6.07, 6.45) is 1.87. The Morgan fingerprint density at radius 1 is 0.800 bits per heavy atom. The van der Waals surface area contributed by atoms with Crippen LogP contribution in [0.15, 0.2) is 70.0 Å². The summed E-state index contributed by atoms with van der Waals surface area (Å²) in [5, 5.41) is 0. The Balaban J connectivity index is 1.97. The van der Waals surface area contributed by atoms with E-state index in [2.05, 4.69) is 4.40 Å². The van der Waals surface area contributed by atoms with Gasteiger partial charge in [0, 0.05) is 23.1 Å². The molecule has 0 aromatic heterocycles. The second-order valence-electron chi connectivity index (χ2n) is 3.05. The zero-order valence-corrected chi connectivity index (χ0v) is 9.02. The van der Waals surface area contributed by atoms with Crippen molar-refractivity contribution >= 4 is 18.2 Å². The molecule has 2 aromatic carbocycles. The molecule has 0 fully saturated rings. The van der Waals surface area contributed by atoms with E-state index in [0.29, 0.717) is 0 Å². The maximum atomic E-state index is 4.30. The van der Waals surface area contributed by atoms with Crippen LogP contribution >= 0.6 is 11.9 Å². The van der Waals surface area contributed by atoms with Gasteiger partial charge < -0.3 is 0 Å². The first-order valence-corrected chi connectivity index (χ1v) is 5.53. The van der Waals surface area contributed by atoms with Gasteiger partial charge in [0.05, 0.1) is 0 Å². The summed E-state index contributed by atoms with van der Waals surface area (Å²) in [6, 6.07) is 20.2. The molecule has 0 radical (unpaired) electrons. The SMILES string of the molecule is C(=N/Sc1ccccc1)/c1ccccc1. The lowest BCUT2D eigenvalue weighted by atomic mass is 10.2. The molecule has 0 bridgehead atoms. The van der Waals surface area contributed by atoms with Crippen molar-refractivity contribution in [2.75, 3.05) is 0 Å². The Labute approximate surface area is 94.0 Å². The summed E-state index contributed by atoms with van der Waals surface area (Å²) < 4.78 is 4.30. The maximum Gasteiger partial charge on any atom is 0.0428 e. The Hall–Kier alpha value is -1.54. The van der Waals surface area contributed by atoms with Gasteiger partial charge in [-0.05, 0) is 17.7 Å². The zero-order valence-electron chi connectivity index (χ0n) is 8.21. The molecule has 2 rings (SSSR count). The fourth-order valence-corrected chi connectivity index (χ4v) is 1.74. The molecule has 0 spiro atoms. The smallest absolute Gasteiger partial charge is 0.0428 e. The molecule has 0 heterocycles. The second kappa shape index (κ2) is 5.37. The molecule has 15 heavy (non-hydrogen) atoms. The summed E-state index contributed by atoms with van der Waals surface area (Å²) >= 11 is 1.48. The molecule has 0 atom stereocenters. The average molecular weight is 213 g/mol. The molecule has 0 aliphatic heterocycles. The molecule has 0 unspecified atom stereocenters. The van der Waals surface area contributed by atoms with Gasteiger partial charge >= 0.3 is 0 Å². The zero-order chi connectivity index (χ0) is 10.3. The number of nitrogens with zero attached hydrogens (tertiary/aromatic N) is 1.